The van der Waals surface area contributed by atoms with Gasteiger partial charge in [0.05, 0.1) is 16.7 Å². The summed E-state index contributed by atoms with van der Waals surface area (Å²) in [7, 11) is 1.89. The van der Waals surface area contributed by atoms with E-state index in [2.05, 4.69) is 0 Å². The Labute approximate surface area is 139 Å². The molecule has 2 rings (SSSR count). The van der Waals surface area contributed by atoms with Crippen LogP contribution in [-0.4, -0.2) is 17.1 Å². The number of ether oxygens (including phenoxy) is 1. The number of carbonyl (C=O) groups excluding carboxylic acids is 1. The first-order valence-corrected chi connectivity index (χ1v) is 6.47. The van der Waals surface area contributed by atoms with Crippen LogP contribution in [0.5, 0.6) is 0 Å². The van der Waals surface area contributed by atoms with Crippen LogP contribution in [0.4, 0.5) is 0 Å². The molecule has 0 aliphatic heterocycles. The Morgan fingerprint density at radius 3 is 2.55 bits per heavy atom. The molecule has 1 radical (unpaired) electrons. The quantitative estimate of drug-likeness (QED) is 0.463. The van der Waals surface area contributed by atoms with Crippen molar-refractivity contribution in [2.24, 2.45) is 7.05 Å². The topological polar surface area (TPSA) is 31.2 Å². The summed E-state index contributed by atoms with van der Waals surface area (Å²) in [5, 5.41) is 0. The van der Waals surface area contributed by atoms with Crippen LogP contribution >= 0.6 is 12.2 Å². The Morgan fingerprint density at radius 1 is 1.30 bits per heavy atom. The van der Waals surface area contributed by atoms with E-state index in [-0.39, 0.29) is 28.3 Å². The van der Waals surface area contributed by atoms with Crippen molar-refractivity contribution < 1.29 is 31.9 Å². The smallest absolute Gasteiger partial charge is 0.341 e. The molecule has 0 unspecified atom stereocenters. The van der Waals surface area contributed by atoms with Gasteiger partial charge in [-0.15, -0.1) is 0 Å². The van der Waals surface area contributed by atoms with Crippen LogP contribution in [0.2, 0.25) is 0 Å². The number of benzene rings is 1. The van der Waals surface area contributed by atoms with Crippen LogP contribution in [-0.2, 0) is 34.2 Å². The molecule has 0 amide bonds. The fourth-order valence-corrected chi connectivity index (χ4v) is 2.14. The maximum Gasteiger partial charge on any atom is 0.341 e. The van der Waals surface area contributed by atoms with Gasteiger partial charge in [0, 0.05) is 41.3 Å². The van der Waals surface area contributed by atoms with Gasteiger partial charge in [-0.2, -0.15) is 0 Å². The predicted octanol–water partition coefficient (Wildman–Crippen LogP) is 3.60. The van der Waals surface area contributed by atoms with E-state index in [1.54, 1.807) is 13.1 Å². The van der Waals surface area contributed by atoms with Gasteiger partial charge in [-0.25, -0.2) is 4.79 Å². The monoisotopic (exact) mass is 380 g/mol. The second-order valence-corrected chi connectivity index (χ2v) is 4.57. The Balaban J connectivity index is 0.00000200. The number of esters is 1. The molecule has 20 heavy (non-hydrogen) atoms. The summed E-state index contributed by atoms with van der Waals surface area (Å²) in [5.74, 6) is -0.372. The second-order valence-electron chi connectivity index (χ2n) is 4.13. The standard InChI is InChI=1S/C15H15NO2S.Ag/c1-3-18-15(17)12-10-16(2)13(9-14(12)19)11-7-5-4-6-8-11;/h4-10H,3H2,1-2H3;. The number of hydrogen-bond acceptors (Lipinski definition) is 3. The minimum absolute atomic E-state index is 0. The van der Waals surface area contributed by atoms with E-state index in [0.717, 1.165) is 11.3 Å². The van der Waals surface area contributed by atoms with Crippen molar-refractivity contribution in [1.29, 1.82) is 0 Å². The minimum atomic E-state index is -0.372. The largest absolute Gasteiger partial charge is 0.462 e. The number of aryl methyl sites for hydroxylation is 1. The van der Waals surface area contributed by atoms with Gasteiger partial charge in [0.15, 0.2) is 0 Å². The van der Waals surface area contributed by atoms with Gasteiger partial charge in [-0.1, -0.05) is 42.5 Å². The summed E-state index contributed by atoms with van der Waals surface area (Å²) in [4.78, 5) is 11.8. The van der Waals surface area contributed by atoms with Crippen LogP contribution in [0.1, 0.15) is 17.3 Å². The number of hydrogen-bond donors (Lipinski definition) is 0. The number of aromatic nitrogens is 1. The van der Waals surface area contributed by atoms with E-state index in [4.69, 9.17) is 17.0 Å². The van der Waals surface area contributed by atoms with E-state index in [9.17, 15) is 4.79 Å². The van der Waals surface area contributed by atoms with Crippen LogP contribution in [0.3, 0.4) is 0 Å². The van der Waals surface area contributed by atoms with Gasteiger partial charge in [0.2, 0.25) is 0 Å². The molecule has 1 heterocycles. The molecule has 2 aromatic rings. The summed E-state index contributed by atoms with van der Waals surface area (Å²) in [6, 6.07) is 11.7. The Morgan fingerprint density at radius 2 is 1.95 bits per heavy atom. The molecular formula is C15H15AgNO2S. The first-order valence-electron chi connectivity index (χ1n) is 6.06. The summed E-state index contributed by atoms with van der Waals surface area (Å²) in [6.45, 7) is 2.12. The van der Waals surface area contributed by atoms with E-state index in [1.807, 2.05) is 48.0 Å². The molecule has 0 atom stereocenters. The molecule has 1 aromatic heterocycles. The Hall–Kier alpha value is -1.20. The molecule has 1 aromatic carbocycles. The maximum absolute atomic E-state index is 11.8. The third kappa shape index (κ3) is 3.67. The van der Waals surface area contributed by atoms with Crippen LogP contribution < -0.4 is 0 Å². The molecule has 0 aliphatic rings. The Bertz CT molecular complexity index is 653. The molecule has 5 heteroatoms. The number of nitrogens with zero attached hydrogens (tertiary/aromatic N) is 1. The average Bonchev–Trinajstić information content (AvgIpc) is 2.42. The number of rotatable bonds is 3. The van der Waals surface area contributed by atoms with Crippen molar-refractivity contribution in [2.75, 3.05) is 6.61 Å². The van der Waals surface area contributed by atoms with Crippen molar-refractivity contribution >= 4 is 18.2 Å². The fourth-order valence-electron chi connectivity index (χ4n) is 1.89. The molecule has 3 nitrogen and oxygen atoms in total. The van der Waals surface area contributed by atoms with Gasteiger partial charge in [0.25, 0.3) is 0 Å². The third-order valence-corrected chi connectivity index (χ3v) is 3.14. The summed E-state index contributed by atoms with van der Waals surface area (Å²) < 4.78 is 7.39. The Kier molecular flexibility index (Phi) is 6.36. The second kappa shape index (κ2) is 7.55. The first-order chi connectivity index (χ1) is 9.13. The average molecular weight is 381 g/mol. The first kappa shape index (κ1) is 16.9. The van der Waals surface area contributed by atoms with Crippen LogP contribution in [0, 0.1) is 4.51 Å². The molecule has 0 bridgehead atoms. The van der Waals surface area contributed by atoms with Crippen molar-refractivity contribution in [2.45, 2.75) is 6.92 Å². The van der Waals surface area contributed by atoms with Gasteiger partial charge >= 0.3 is 5.97 Å². The minimum Gasteiger partial charge on any atom is -0.462 e. The van der Waals surface area contributed by atoms with E-state index < -0.39 is 0 Å². The summed E-state index contributed by atoms with van der Waals surface area (Å²) in [5.41, 5.74) is 2.46. The third-order valence-electron chi connectivity index (χ3n) is 2.80. The predicted molar refractivity (Wildman–Crippen MR) is 77.6 cm³/mol. The fraction of sp³-hybridized carbons (Fsp3) is 0.200. The number of carbonyl (C=O) groups is 1. The molecule has 0 fully saturated rings. The zero-order chi connectivity index (χ0) is 13.8. The van der Waals surface area contributed by atoms with Crippen molar-refractivity contribution in [1.82, 2.24) is 4.57 Å². The van der Waals surface area contributed by atoms with Crippen LogP contribution in [0.15, 0.2) is 42.6 Å². The number of pyridine rings is 1. The molecule has 109 valence electrons. The van der Waals surface area contributed by atoms with E-state index >= 15 is 0 Å². The maximum atomic E-state index is 11.8. The zero-order valence-corrected chi connectivity index (χ0v) is 13.5. The van der Waals surface area contributed by atoms with Crippen molar-refractivity contribution in [3.63, 3.8) is 0 Å². The molecule has 0 saturated heterocycles. The summed E-state index contributed by atoms with van der Waals surface area (Å²) in [6.07, 6.45) is 1.72. The van der Waals surface area contributed by atoms with Gasteiger partial charge in [-0.3, -0.25) is 0 Å². The van der Waals surface area contributed by atoms with Gasteiger partial charge < -0.3 is 9.30 Å². The van der Waals surface area contributed by atoms with E-state index in [1.165, 1.54) is 0 Å². The SMILES string of the molecule is CCOC(=O)c1cn(C)c(-c2ccccc2)cc1=S.[Ag]. The molecule has 0 saturated carbocycles. The van der Waals surface area contributed by atoms with E-state index in [0.29, 0.717) is 16.7 Å². The zero-order valence-electron chi connectivity index (χ0n) is 11.2. The molecule has 0 spiro atoms. The molecular weight excluding hydrogens is 366 g/mol. The van der Waals surface area contributed by atoms with Crippen LogP contribution in [0.25, 0.3) is 11.3 Å². The molecule has 0 aliphatic carbocycles. The van der Waals surface area contributed by atoms with Crippen molar-refractivity contribution in [3.8, 4) is 11.3 Å². The van der Waals surface area contributed by atoms with Gasteiger partial charge in [0.1, 0.15) is 0 Å². The van der Waals surface area contributed by atoms with Gasteiger partial charge in [-0.05, 0) is 18.6 Å². The molecule has 0 N–H and O–H groups in total. The summed E-state index contributed by atoms with van der Waals surface area (Å²) >= 11 is 5.28. The van der Waals surface area contributed by atoms with Crippen molar-refractivity contribution in [3.05, 3.63) is 52.7 Å². The normalized spacial score (nSPS) is 9.70.